The van der Waals surface area contributed by atoms with Gasteiger partial charge in [0.15, 0.2) is 0 Å². The molecule has 118 valence electrons. The van der Waals surface area contributed by atoms with E-state index >= 15 is 0 Å². The van der Waals surface area contributed by atoms with Crippen LogP contribution in [0.3, 0.4) is 0 Å². The molecule has 7 nitrogen and oxygen atoms in total. The molecule has 2 N–H and O–H groups in total. The van der Waals surface area contributed by atoms with Crippen molar-refractivity contribution in [2.75, 3.05) is 26.7 Å². The number of hydrogen-bond donors (Lipinski definition) is 2. The molecule has 2 rings (SSSR count). The van der Waals surface area contributed by atoms with Gasteiger partial charge >= 0.3 is 0 Å². The highest BCUT2D eigenvalue weighted by molar-refractivity contribution is 7.89. The molecule has 1 aromatic rings. The van der Waals surface area contributed by atoms with Crippen LogP contribution in [0.25, 0.3) is 0 Å². The van der Waals surface area contributed by atoms with E-state index < -0.39 is 20.0 Å². The Morgan fingerprint density at radius 2 is 1.71 bits per heavy atom. The number of benzene rings is 1. The zero-order valence-corrected chi connectivity index (χ0v) is 13.5. The van der Waals surface area contributed by atoms with Crippen LogP contribution in [0.15, 0.2) is 34.1 Å². The highest BCUT2D eigenvalue weighted by Crippen LogP contribution is 2.21. The predicted molar refractivity (Wildman–Crippen MR) is 78.9 cm³/mol. The second-order valence-corrected chi connectivity index (χ2v) is 8.62. The fraction of sp³-hybridized carbons (Fsp3) is 0.500. The van der Waals surface area contributed by atoms with Gasteiger partial charge in [0.2, 0.25) is 20.0 Å². The summed E-state index contributed by atoms with van der Waals surface area (Å²) in [5, 5.41) is 3.13. The highest BCUT2D eigenvalue weighted by atomic mass is 32.2. The normalized spacial score (nSPS) is 21.3. The van der Waals surface area contributed by atoms with Crippen LogP contribution < -0.4 is 10.0 Å². The molecule has 0 bridgehead atoms. The van der Waals surface area contributed by atoms with Crippen molar-refractivity contribution in [1.29, 1.82) is 0 Å². The smallest absolute Gasteiger partial charge is 0.243 e. The molecular formula is C12H19N3O4S2. The van der Waals surface area contributed by atoms with Crippen LogP contribution in [-0.2, 0) is 20.0 Å². The van der Waals surface area contributed by atoms with Crippen LogP contribution in [0.5, 0.6) is 0 Å². The first-order valence-corrected chi connectivity index (χ1v) is 9.47. The van der Waals surface area contributed by atoms with Gasteiger partial charge in [0, 0.05) is 25.7 Å². The van der Waals surface area contributed by atoms with Gasteiger partial charge in [0.25, 0.3) is 0 Å². The monoisotopic (exact) mass is 333 g/mol. The van der Waals surface area contributed by atoms with E-state index in [4.69, 9.17) is 0 Å². The number of nitrogens with zero attached hydrogens (tertiary/aromatic N) is 1. The van der Waals surface area contributed by atoms with E-state index in [0.29, 0.717) is 19.6 Å². The highest BCUT2D eigenvalue weighted by Gasteiger charge is 2.31. The van der Waals surface area contributed by atoms with E-state index in [0.717, 1.165) is 0 Å². The second-order valence-electron chi connectivity index (χ2n) is 4.85. The molecule has 1 aromatic carbocycles. The zero-order valence-electron chi connectivity index (χ0n) is 11.9. The molecule has 0 radical (unpaired) electrons. The first-order valence-electron chi connectivity index (χ1n) is 6.55. The average molecular weight is 333 g/mol. The Balaban J connectivity index is 2.33. The van der Waals surface area contributed by atoms with Crippen LogP contribution in [0.2, 0.25) is 0 Å². The molecule has 0 aromatic heterocycles. The van der Waals surface area contributed by atoms with Gasteiger partial charge in [-0.15, -0.1) is 0 Å². The van der Waals surface area contributed by atoms with Crippen LogP contribution in [0, 0.1) is 0 Å². The maximum absolute atomic E-state index is 12.6. The van der Waals surface area contributed by atoms with Crippen molar-refractivity contribution in [2.24, 2.45) is 0 Å². The van der Waals surface area contributed by atoms with Crippen LogP contribution in [0.1, 0.15) is 6.92 Å². The Morgan fingerprint density at radius 1 is 1.14 bits per heavy atom. The maximum Gasteiger partial charge on any atom is 0.243 e. The molecule has 1 saturated heterocycles. The van der Waals surface area contributed by atoms with Crippen molar-refractivity contribution >= 4 is 20.0 Å². The van der Waals surface area contributed by atoms with E-state index in [9.17, 15) is 16.8 Å². The van der Waals surface area contributed by atoms with Gasteiger partial charge in [-0.3, -0.25) is 0 Å². The van der Waals surface area contributed by atoms with Crippen molar-refractivity contribution in [1.82, 2.24) is 14.3 Å². The summed E-state index contributed by atoms with van der Waals surface area (Å²) in [5.74, 6) is 0. The van der Waals surface area contributed by atoms with Gasteiger partial charge in [-0.1, -0.05) is 0 Å². The molecule has 21 heavy (non-hydrogen) atoms. The molecule has 0 unspecified atom stereocenters. The SMILES string of the molecule is CNS(=O)(=O)c1ccc(S(=O)(=O)N2CCNC[C@@H]2C)cc1. The van der Waals surface area contributed by atoms with E-state index in [1.165, 1.54) is 35.6 Å². The van der Waals surface area contributed by atoms with Crippen molar-refractivity contribution in [3.8, 4) is 0 Å². The third-order valence-corrected chi connectivity index (χ3v) is 6.91. The molecule has 9 heteroatoms. The van der Waals surface area contributed by atoms with Crippen molar-refractivity contribution < 1.29 is 16.8 Å². The summed E-state index contributed by atoms with van der Waals surface area (Å²) in [7, 11) is -5.86. The maximum atomic E-state index is 12.6. The Bertz CT molecular complexity index is 699. The van der Waals surface area contributed by atoms with Gasteiger partial charge in [-0.25, -0.2) is 21.6 Å². The first-order chi connectivity index (χ1) is 9.79. The standard InChI is InChI=1S/C12H19N3O4S2/c1-10-9-14-7-8-15(10)21(18,19)12-5-3-11(4-6-12)20(16,17)13-2/h3-6,10,13-14H,7-9H2,1-2H3/t10-/m0/s1. The molecular weight excluding hydrogens is 314 g/mol. The zero-order chi connectivity index (χ0) is 15.7. The first kappa shape index (κ1) is 16.4. The minimum absolute atomic E-state index is 0.0392. The minimum Gasteiger partial charge on any atom is -0.314 e. The molecule has 1 aliphatic heterocycles. The number of sulfonamides is 2. The van der Waals surface area contributed by atoms with Gasteiger partial charge in [0.05, 0.1) is 9.79 Å². The van der Waals surface area contributed by atoms with Gasteiger partial charge in [-0.05, 0) is 38.2 Å². The lowest BCUT2D eigenvalue weighted by Crippen LogP contribution is -2.52. The number of rotatable bonds is 4. The Hall–Kier alpha value is -1.00. The fourth-order valence-electron chi connectivity index (χ4n) is 2.22. The minimum atomic E-state index is -3.60. The average Bonchev–Trinajstić information content (AvgIpc) is 2.47. The summed E-state index contributed by atoms with van der Waals surface area (Å²) in [6.07, 6.45) is 0. The Morgan fingerprint density at radius 3 is 2.24 bits per heavy atom. The number of nitrogens with one attached hydrogen (secondary N) is 2. The Labute approximate surface area is 125 Å². The van der Waals surface area contributed by atoms with Crippen LogP contribution in [0.4, 0.5) is 0 Å². The van der Waals surface area contributed by atoms with Gasteiger partial charge in [-0.2, -0.15) is 4.31 Å². The molecule has 0 saturated carbocycles. The topological polar surface area (TPSA) is 95.6 Å². The molecule has 1 fully saturated rings. The van der Waals surface area contributed by atoms with Crippen LogP contribution in [-0.4, -0.2) is 53.9 Å². The quantitative estimate of drug-likeness (QED) is 0.780. The second kappa shape index (κ2) is 6.01. The van der Waals surface area contributed by atoms with Gasteiger partial charge < -0.3 is 5.32 Å². The summed E-state index contributed by atoms with van der Waals surface area (Å²) in [5.41, 5.74) is 0. The molecule has 0 spiro atoms. The molecule has 1 heterocycles. The fourth-order valence-corrected chi connectivity index (χ4v) is 4.58. The lowest BCUT2D eigenvalue weighted by atomic mass is 10.3. The molecule has 1 atom stereocenters. The summed E-state index contributed by atoms with van der Waals surface area (Å²) in [6.45, 7) is 3.45. The van der Waals surface area contributed by atoms with Crippen molar-refractivity contribution in [2.45, 2.75) is 22.8 Å². The predicted octanol–water partition coefficient (Wildman–Crippen LogP) is -0.423. The van der Waals surface area contributed by atoms with E-state index in [-0.39, 0.29) is 15.8 Å². The third-order valence-electron chi connectivity index (χ3n) is 3.45. The Kier molecular flexibility index (Phi) is 4.69. The van der Waals surface area contributed by atoms with E-state index in [1.54, 1.807) is 0 Å². The summed E-state index contributed by atoms with van der Waals surface area (Å²) >= 11 is 0. The van der Waals surface area contributed by atoms with E-state index in [1.807, 2.05) is 6.92 Å². The lowest BCUT2D eigenvalue weighted by Gasteiger charge is -2.32. The summed E-state index contributed by atoms with van der Waals surface area (Å²) in [4.78, 5) is 0.142. The van der Waals surface area contributed by atoms with Gasteiger partial charge in [0.1, 0.15) is 0 Å². The lowest BCUT2D eigenvalue weighted by molar-refractivity contribution is 0.284. The third kappa shape index (κ3) is 3.27. The van der Waals surface area contributed by atoms with Crippen molar-refractivity contribution in [3.63, 3.8) is 0 Å². The largest absolute Gasteiger partial charge is 0.314 e. The molecule has 0 aliphatic carbocycles. The summed E-state index contributed by atoms with van der Waals surface area (Å²) < 4.78 is 52.0. The number of hydrogen-bond acceptors (Lipinski definition) is 5. The molecule has 1 aliphatic rings. The van der Waals surface area contributed by atoms with Crippen molar-refractivity contribution in [3.05, 3.63) is 24.3 Å². The summed E-state index contributed by atoms with van der Waals surface area (Å²) in [6, 6.07) is 5.12. The van der Waals surface area contributed by atoms with E-state index in [2.05, 4.69) is 10.0 Å². The van der Waals surface area contributed by atoms with Crippen LogP contribution >= 0.6 is 0 Å². The number of piperazine rings is 1. The molecule has 0 amide bonds.